The van der Waals surface area contributed by atoms with Gasteiger partial charge in [-0.1, -0.05) is 52.3 Å². The topological polar surface area (TPSA) is 26.3 Å². The first-order valence-electron chi connectivity index (χ1n) is 12.4. The number of ketones is 1. The van der Waals surface area contributed by atoms with E-state index < -0.39 is 8.32 Å². The Bertz CT molecular complexity index is 785. The quantitative estimate of drug-likeness (QED) is 0.259. The zero-order valence-corrected chi connectivity index (χ0v) is 21.7. The van der Waals surface area contributed by atoms with Crippen molar-refractivity contribution in [2.45, 2.75) is 111 Å². The van der Waals surface area contributed by atoms with Gasteiger partial charge in [-0.05, 0) is 97.7 Å². The number of hydrogen-bond acceptors (Lipinski definition) is 2. The van der Waals surface area contributed by atoms with E-state index in [2.05, 4.69) is 66.8 Å². The van der Waals surface area contributed by atoms with Crippen LogP contribution in [0.5, 0.6) is 0 Å². The SMILES string of the molecule is CC=C1C(=O)C[C@H]2[C@@H]3CC=C4C[C@@H](O[Si](C)(C)C(C)(C)C)CC[C@]4(C)[C@H]3CC[C@]12C. The molecule has 0 radical (unpaired) electrons. The van der Waals surface area contributed by atoms with E-state index in [1.54, 1.807) is 5.57 Å². The molecule has 0 amide bonds. The highest BCUT2D eigenvalue weighted by Gasteiger charge is 2.59. The molecule has 0 heterocycles. The van der Waals surface area contributed by atoms with Gasteiger partial charge in [-0.2, -0.15) is 0 Å². The van der Waals surface area contributed by atoms with Crippen molar-refractivity contribution in [1.82, 2.24) is 0 Å². The molecule has 4 rings (SSSR count). The van der Waals surface area contributed by atoms with E-state index in [4.69, 9.17) is 4.43 Å². The van der Waals surface area contributed by atoms with Gasteiger partial charge in [-0.15, -0.1) is 0 Å². The fraction of sp³-hybridized carbons (Fsp3) is 0.815. The normalized spacial score (nSPS) is 43.1. The molecule has 3 fully saturated rings. The molecule has 2 nitrogen and oxygen atoms in total. The molecule has 0 N–H and O–H groups in total. The summed E-state index contributed by atoms with van der Waals surface area (Å²) in [7, 11) is -1.73. The zero-order valence-electron chi connectivity index (χ0n) is 20.7. The third kappa shape index (κ3) is 3.25. The van der Waals surface area contributed by atoms with E-state index in [0.717, 1.165) is 24.3 Å². The number of allylic oxidation sites excluding steroid dienone is 3. The maximum absolute atomic E-state index is 12.8. The van der Waals surface area contributed by atoms with Crippen LogP contribution < -0.4 is 0 Å². The standard InChI is InChI=1S/C27H44O2Si/c1-9-21-24(28)17-23-20-11-10-18-16-19(29-30(7,8)25(2,3)4)12-14-26(18,5)22(20)13-15-27(21,23)6/h9-10,19-20,22-23H,11-17H2,1-8H3/t19-,20+,22-,23-,26-,27+/m0/s1. The minimum Gasteiger partial charge on any atom is -0.414 e. The molecule has 0 aliphatic heterocycles. The summed E-state index contributed by atoms with van der Waals surface area (Å²) in [5.74, 6) is 2.40. The molecule has 30 heavy (non-hydrogen) atoms. The molecule has 6 atom stereocenters. The lowest BCUT2D eigenvalue weighted by molar-refractivity contribution is -0.115. The molecule has 4 aliphatic carbocycles. The summed E-state index contributed by atoms with van der Waals surface area (Å²) >= 11 is 0. The molecule has 0 bridgehead atoms. The fourth-order valence-corrected chi connectivity index (χ4v) is 8.86. The van der Waals surface area contributed by atoms with Crippen LogP contribution in [0.15, 0.2) is 23.3 Å². The van der Waals surface area contributed by atoms with Gasteiger partial charge in [0.05, 0.1) is 0 Å². The number of carbonyl (C=O) groups excluding carboxylic acids is 1. The summed E-state index contributed by atoms with van der Waals surface area (Å²) in [6.07, 6.45) is 13.1. The summed E-state index contributed by atoms with van der Waals surface area (Å²) in [6.45, 7) is 18.8. The van der Waals surface area contributed by atoms with E-state index in [-0.39, 0.29) is 10.5 Å². The maximum atomic E-state index is 12.8. The highest BCUT2D eigenvalue weighted by molar-refractivity contribution is 6.74. The third-order valence-electron chi connectivity index (χ3n) is 10.3. The van der Waals surface area contributed by atoms with Crippen LogP contribution in [0.1, 0.15) is 86.5 Å². The summed E-state index contributed by atoms with van der Waals surface area (Å²) in [5, 5.41) is 0.271. The van der Waals surface area contributed by atoms with E-state index >= 15 is 0 Å². The number of rotatable bonds is 2. The zero-order chi connectivity index (χ0) is 22.1. The predicted molar refractivity (Wildman–Crippen MR) is 128 cm³/mol. The van der Waals surface area contributed by atoms with Crippen molar-refractivity contribution in [3.05, 3.63) is 23.3 Å². The first kappa shape index (κ1) is 22.5. The molecule has 3 heteroatoms. The molecule has 0 saturated heterocycles. The molecular formula is C27H44O2Si. The van der Waals surface area contributed by atoms with Gasteiger partial charge in [0.25, 0.3) is 0 Å². The molecule has 0 aromatic carbocycles. The van der Waals surface area contributed by atoms with Gasteiger partial charge in [-0.3, -0.25) is 4.79 Å². The predicted octanol–water partition coefficient (Wildman–Crippen LogP) is 7.46. The average Bonchev–Trinajstić information content (AvgIpc) is 2.90. The lowest BCUT2D eigenvalue weighted by Crippen LogP contribution is -2.51. The molecule has 0 spiro atoms. The van der Waals surface area contributed by atoms with Crippen LogP contribution in [-0.2, 0) is 9.22 Å². The lowest BCUT2D eigenvalue weighted by atomic mass is 9.48. The number of carbonyl (C=O) groups is 1. The van der Waals surface area contributed by atoms with Gasteiger partial charge in [0, 0.05) is 12.5 Å². The molecule has 0 aromatic rings. The number of Topliss-reactive ketones (excluding diaryl/α,β-unsaturated/α-hetero) is 1. The van der Waals surface area contributed by atoms with Crippen LogP contribution in [0.3, 0.4) is 0 Å². The second-order valence-electron chi connectivity index (χ2n) is 12.8. The fourth-order valence-electron chi connectivity index (χ4n) is 7.47. The monoisotopic (exact) mass is 428 g/mol. The van der Waals surface area contributed by atoms with Crippen LogP contribution in [0.4, 0.5) is 0 Å². The molecular weight excluding hydrogens is 384 g/mol. The van der Waals surface area contributed by atoms with Gasteiger partial charge in [0.15, 0.2) is 14.1 Å². The van der Waals surface area contributed by atoms with Crippen molar-refractivity contribution in [3.63, 3.8) is 0 Å². The van der Waals surface area contributed by atoms with Crippen LogP contribution in [0, 0.1) is 28.6 Å². The van der Waals surface area contributed by atoms with Gasteiger partial charge < -0.3 is 4.43 Å². The molecule has 0 unspecified atom stereocenters. The Kier molecular flexibility index (Phi) is 5.38. The number of hydrogen-bond donors (Lipinski definition) is 0. The summed E-state index contributed by atoms with van der Waals surface area (Å²) in [4.78, 5) is 12.8. The second kappa shape index (κ2) is 7.17. The van der Waals surface area contributed by atoms with Gasteiger partial charge in [-0.25, -0.2) is 0 Å². The third-order valence-corrected chi connectivity index (χ3v) is 14.9. The summed E-state index contributed by atoms with van der Waals surface area (Å²) in [5.41, 5.74) is 3.26. The van der Waals surface area contributed by atoms with E-state index in [0.29, 0.717) is 29.1 Å². The Labute approximate surface area is 186 Å². The minimum absolute atomic E-state index is 0.122. The van der Waals surface area contributed by atoms with Crippen LogP contribution in [0.2, 0.25) is 18.1 Å². The van der Waals surface area contributed by atoms with Crippen LogP contribution in [-0.4, -0.2) is 20.2 Å². The van der Waals surface area contributed by atoms with Crippen molar-refractivity contribution < 1.29 is 9.22 Å². The molecule has 3 saturated carbocycles. The van der Waals surface area contributed by atoms with E-state index in [1.165, 1.54) is 32.1 Å². The first-order chi connectivity index (χ1) is 13.8. The smallest absolute Gasteiger partial charge is 0.192 e. The lowest BCUT2D eigenvalue weighted by Gasteiger charge is -2.57. The Morgan fingerprint density at radius 3 is 2.37 bits per heavy atom. The highest BCUT2D eigenvalue weighted by Crippen LogP contribution is 2.65. The summed E-state index contributed by atoms with van der Waals surface area (Å²) < 4.78 is 6.85. The largest absolute Gasteiger partial charge is 0.414 e. The van der Waals surface area contributed by atoms with E-state index in [9.17, 15) is 4.79 Å². The Hall–Kier alpha value is -0.673. The van der Waals surface area contributed by atoms with Gasteiger partial charge in [0.2, 0.25) is 0 Å². The first-order valence-corrected chi connectivity index (χ1v) is 15.3. The van der Waals surface area contributed by atoms with Gasteiger partial charge >= 0.3 is 0 Å². The molecule has 168 valence electrons. The van der Waals surface area contributed by atoms with Crippen molar-refractivity contribution >= 4 is 14.1 Å². The second-order valence-corrected chi connectivity index (χ2v) is 17.5. The minimum atomic E-state index is -1.73. The Morgan fingerprint density at radius 2 is 1.73 bits per heavy atom. The Morgan fingerprint density at radius 1 is 1.07 bits per heavy atom. The number of fused-ring (bicyclic) bond motifs is 5. The molecule has 4 aliphatic rings. The average molecular weight is 429 g/mol. The Balaban J connectivity index is 1.56. The van der Waals surface area contributed by atoms with Crippen LogP contribution >= 0.6 is 0 Å². The highest BCUT2D eigenvalue weighted by atomic mass is 28.4. The van der Waals surface area contributed by atoms with Crippen molar-refractivity contribution in [1.29, 1.82) is 0 Å². The van der Waals surface area contributed by atoms with Gasteiger partial charge in [0.1, 0.15) is 0 Å². The van der Waals surface area contributed by atoms with Crippen molar-refractivity contribution in [3.8, 4) is 0 Å². The van der Waals surface area contributed by atoms with Crippen molar-refractivity contribution in [2.24, 2.45) is 28.6 Å². The van der Waals surface area contributed by atoms with E-state index in [1.807, 2.05) is 0 Å². The van der Waals surface area contributed by atoms with Crippen LogP contribution in [0.25, 0.3) is 0 Å². The van der Waals surface area contributed by atoms with Crippen molar-refractivity contribution in [2.75, 3.05) is 0 Å². The summed E-state index contributed by atoms with van der Waals surface area (Å²) in [6, 6.07) is 0. The molecule has 0 aromatic heterocycles. The maximum Gasteiger partial charge on any atom is 0.192 e.